The second-order valence-electron chi connectivity index (χ2n) is 2.44. The van der Waals surface area contributed by atoms with E-state index < -0.39 is 32.1 Å². The Bertz CT molecular complexity index is 264. The molecule has 0 amide bonds. The molecule has 0 spiro atoms. The quantitative estimate of drug-likeness (QED) is 0.497. The van der Waals surface area contributed by atoms with Crippen LogP contribution in [0.2, 0.25) is 0 Å². The highest BCUT2D eigenvalue weighted by atomic mass is 31.2. The first kappa shape index (κ1) is 10.9. The van der Waals surface area contributed by atoms with Gasteiger partial charge in [0.05, 0.1) is 6.00 Å². The van der Waals surface area contributed by atoms with Crippen LogP contribution < -0.4 is 0 Å². The molecule has 0 saturated heterocycles. The lowest BCUT2D eigenvalue weighted by Gasteiger charge is -2.12. The van der Waals surface area contributed by atoms with E-state index in [0.717, 1.165) is 6.08 Å². The standard InChI is InChI=1S/C5H7BFO5P/c6-5-3(7)1-4(12-5)11-2-13(8,9)10/h1,4-5H,2H2,(H2,8,9,10). The summed E-state index contributed by atoms with van der Waals surface area (Å²) in [6.45, 7) is 0. The number of halogens is 1. The van der Waals surface area contributed by atoms with Gasteiger partial charge in [0.2, 0.25) is 0 Å². The fraction of sp³-hybridized carbons (Fsp3) is 0.600. The Morgan fingerprint density at radius 3 is 2.77 bits per heavy atom. The van der Waals surface area contributed by atoms with Crippen LogP contribution in [0.5, 0.6) is 0 Å². The molecule has 0 aromatic heterocycles. The van der Waals surface area contributed by atoms with Crippen molar-refractivity contribution in [2.45, 2.75) is 12.3 Å². The van der Waals surface area contributed by atoms with Crippen molar-refractivity contribution < 1.29 is 28.2 Å². The van der Waals surface area contributed by atoms with E-state index in [0.29, 0.717) is 0 Å². The lowest BCUT2D eigenvalue weighted by molar-refractivity contribution is -0.0915. The predicted octanol–water partition coefficient (Wildman–Crippen LogP) is -0.158. The molecule has 2 radical (unpaired) electrons. The highest BCUT2D eigenvalue weighted by Gasteiger charge is 2.26. The molecule has 2 atom stereocenters. The molecule has 13 heavy (non-hydrogen) atoms. The summed E-state index contributed by atoms with van der Waals surface area (Å²) in [6.07, 6.45) is -1.03. The number of ether oxygens (including phenoxy) is 2. The van der Waals surface area contributed by atoms with Crippen LogP contribution in [-0.4, -0.2) is 36.3 Å². The van der Waals surface area contributed by atoms with Crippen LogP contribution in [0.15, 0.2) is 11.9 Å². The molecule has 1 aliphatic heterocycles. The monoisotopic (exact) mass is 208 g/mol. The SMILES string of the molecule is [B]C1OC(OCP(=O)(O)O)C=C1F. The molecule has 8 heteroatoms. The van der Waals surface area contributed by atoms with Crippen molar-refractivity contribution >= 4 is 15.4 Å². The van der Waals surface area contributed by atoms with Crippen molar-refractivity contribution in [1.82, 2.24) is 0 Å². The second-order valence-corrected chi connectivity index (χ2v) is 4.02. The first-order valence-electron chi connectivity index (χ1n) is 3.33. The van der Waals surface area contributed by atoms with E-state index in [1.54, 1.807) is 0 Å². The summed E-state index contributed by atoms with van der Waals surface area (Å²) in [5.74, 6) is -0.712. The van der Waals surface area contributed by atoms with E-state index in [1.807, 2.05) is 0 Å². The van der Waals surface area contributed by atoms with E-state index in [4.69, 9.17) is 17.6 Å². The Labute approximate surface area is 75.1 Å². The van der Waals surface area contributed by atoms with Crippen molar-refractivity contribution in [3.63, 3.8) is 0 Å². The zero-order chi connectivity index (χ0) is 10.1. The molecular formula is C5H7BFO5P. The van der Waals surface area contributed by atoms with Gasteiger partial charge in [-0.15, -0.1) is 0 Å². The lowest BCUT2D eigenvalue weighted by Crippen LogP contribution is -2.16. The minimum Gasteiger partial charge on any atom is -0.349 e. The van der Waals surface area contributed by atoms with Gasteiger partial charge in [0.1, 0.15) is 13.7 Å². The molecule has 1 heterocycles. The number of rotatable bonds is 3. The summed E-state index contributed by atoms with van der Waals surface area (Å²) in [5.41, 5.74) is 0. The molecule has 0 aromatic carbocycles. The Kier molecular flexibility index (Phi) is 3.26. The maximum absolute atomic E-state index is 12.5. The summed E-state index contributed by atoms with van der Waals surface area (Å²) >= 11 is 0. The fourth-order valence-electron chi connectivity index (χ4n) is 0.732. The minimum atomic E-state index is -4.25. The first-order valence-corrected chi connectivity index (χ1v) is 5.13. The topological polar surface area (TPSA) is 76.0 Å². The molecule has 0 bridgehead atoms. The third-order valence-corrected chi connectivity index (χ3v) is 1.74. The van der Waals surface area contributed by atoms with Gasteiger partial charge in [0.15, 0.2) is 12.6 Å². The summed E-state index contributed by atoms with van der Waals surface area (Å²) in [4.78, 5) is 16.8. The molecule has 1 aliphatic rings. The molecule has 1 rings (SSSR count). The summed E-state index contributed by atoms with van der Waals surface area (Å²) in [7, 11) is 0.816. The minimum absolute atomic E-state index is 0.712. The highest BCUT2D eigenvalue weighted by Crippen LogP contribution is 2.35. The van der Waals surface area contributed by atoms with Crippen molar-refractivity contribution in [1.29, 1.82) is 0 Å². The third-order valence-electron chi connectivity index (χ3n) is 1.25. The summed E-state index contributed by atoms with van der Waals surface area (Å²) in [6, 6.07) is -1.21. The number of hydrogen-bond donors (Lipinski definition) is 2. The number of hydrogen-bond acceptors (Lipinski definition) is 3. The lowest BCUT2D eigenvalue weighted by atomic mass is 10.0. The van der Waals surface area contributed by atoms with Gasteiger partial charge in [-0.3, -0.25) is 4.57 Å². The molecule has 0 aliphatic carbocycles. The van der Waals surface area contributed by atoms with Gasteiger partial charge in [-0.25, -0.2) is 4.39 Å². The summed E-state index contributed by atoms with van der Waals surface area (Å²) in [5, 5.41) is 0. The van der Waals surface area contributed by atoms with E-state index >= 15 is 0 Å². The molecule has 2 N–H and O–H groups in total. The highest BCUT2D eigenvalue weighted by molar-refractivity contribution is 7.51. The van der Waals surface area contributed by atoms with Crippen molar-refractivity contribution in [2.24, 2.45) is 0 Å². The smallest absolute Gasteiger partial charge is 0.349 e. The molecular weight excluding hydrogens is 201 g/mol. The zero-order valence-electron chi connectivity index (χ0n) is 6.46. The zero-order valence-corrected chi connectivity index (χ0v) is 7.36. The van der Waals surface area contributed by atoms with Crippen molar-refractivity contribution in [3.05, 3.63) is 11.9 Å². The second kappa shape index (κ2) is 3.90. The maximum Gasteiger partial charge on any atom is 0.351 e. The maximum atomic E-state index is 12.5. The Morgan fingerprint density at radius 2 is 2.38 bits per heavy atom. The van der Waals surface area contributed by atoms with E-state index in [-0.39, 0.29) is 0 Å². The van der Waals surface area contributed by atoms with Crippen LogP contribution in [0.3, 0.4) is 0 Å². The normalized spacial score (nSPS) is 29.0. The van der Waals surface area contributed by atoms with Crippen LogP contribution in [0.4, 0.5) is 4.39 Å². The van der Waals surface area contributed by atoms with Crippen molar-refractivity contribution in [2.75, 3.05) is 6.35 Å². The Morgan fingerprint density at radius 1 is 1.77 bits per heavy atom. The molecule has 0 aromatic rings. The predicted molar refractivity (Wildman–Crippen MR) is 41.6 cm³/mol. The fourth-order valence-corrected chi connectivity index (χ4v) is 1.07. The van der Waals surface area contributed by atoms with Gasteiger partial charge >= 0.3 is 7.60 Å². The molecule has 0 saturated carbocycles. The Balaban J connectivity index is 2.38. The van der Waals surface area contributed by atoms with E-state index in [9.17, 15) is 8.96 Å². The first-order chi connectivity index (χ1) is 5.88. The average molecular weight is 208 g/mol. The molecule has 72 valence electrons. The molecule has 5 nitrogen and oxygen atoms in total. The van der Waals surface area contributed by atoms with Crippen LogP contribution in [0.25, 0.3) is 0 Å². The van der Waals surface area contributed by atoms with Gasteiger partial charge in [-0.05, 0) is 0 Å². The van der Waals surface area contributed by atoms with Gasteiger partial charge < -0.3 is 19.3 Å². The van der Waals surface area contributed by atoms with Crippen LogP contribution in [0.1, 0.15) is 0 Å². The molecule has 0 fully saturated rings. The van der Waals surface area contributed by atoms with Crippen LogP contribution in [-0.2, 0) is 14.0 Å². The molecule has 2 unspecified atom stereocenters. The largest absolute Gasteiger partial charge is 0.351 e. The Hall–Kier alpha value is -0.195. The third kappa shape index (κ3) is 3.58. The van der Waals surface area contributed by atoms with Gasteiger partial charge in [-0.2, -0.15) is 0 Å². The average Bonchev–Trinajstić information content (AvgIpc) is 2.27. The van der Waals surface area contributed by atoms with E-state index in [2.05, 4.69) is 9.47 Å². The van der Waals surface area contributed by atoms with Crippen molar-refractivity contribution in [3.8, 4) is 0 Å². The summed E-state index contributed by atoms with van der Waals surface area (Å²) < 4.78 is 32.0. The van der Waals surface area contributed by atoms with Crippen LogP contribution >= 0.6 is 7.60 Å². The van der Waals surface area contributed by atoms with Gasteiger partial charge in [-0.1, -0.05) is 0 Å². The van der Waals surface area contributed by atoms with E-state index in [1.165, 1.54) is 0 Å². The van der Waals surface area contributed by atoms with Gasteiger partial charge in [0, 0.05) is 6.08 Å². The van der Waals surface area contributed by atoms with Gasteiger partial charge in [0.25, 0.3) is 0 Å². The van der Waals surface area contributed by atoms with Crippen LogP contribution in [0, 0.1) is 0 Å².